The van der Waals surface area contributed by atoms with E-state index in [2.05, 4.69) is 9.73 Å². The number of aliphatic imine (C=N–C) groups is 1. The van der Waals surface area contributed by atoms with Crippen LogP contribution in [-0.2, 0) is 14.3 Å². The highest BCUT2D eigenvalue weighted by Crippen LogP contribution is 2.09. The van der Waals surface area contributed by atoms with E-state index in [1.165, 1.54) is 7.11 Å². The Labute approximate surface area is 99.6 Å². The fraction of sp³-hybridized carbons (Fsp3) is 0.231. The number of benzene rings is 1. The highest BCUT2D eigenvalue weighted by molar-refractivity contribution is 5.95. The third-order valence-electron chi connectivity index (χ3n) is 2.36. The molecule has 0 aromatic heterocycles. The van der Waals surface area contributed by atoms with Crippen molar-refractivity contribution in [2.24, 2.45) is 4.99 Å². The van der Waals surface area contributed by atoms with Crippen LogP contribution in [0.2, 0.25) is 0 Å². The fourth-order valence-corrected chi connectivity index (χ4v) is 1.47. The van der Waals surface area contributed by atoms with Crippen molar-refractivity contribution in [3.8, 4) is 0 Å². The van der Waals surface area contributed by atoms with Gasteiger partial charge in [0.25, 0.3) is 0 Å². The maximum atomic E-state index is 11.2. The molecule has 1 aliphatic rings. The van der Waals surface area contributed by atoms with E-state index in [9.17, 15) is 4.79 Å². The standard InChI is InChI=1S/C13H13NO3/c1-16-13(15)11-9-17-12(14-11)8-7-10-5-3-2-4-6-10/h2-8,11H,9H2,1H3/b8-7+. The molecule has 1 aromatic carbocycles. The van der Waals surface area contributed by atoms with Crippen molar-refractivity contribution in [3.05, 3.63) is 42.0 Å². The first-order valence-corrected chi connectivity index (χ1v) is 5.31. The minimum Gasteiger partial charge on any atom is -0.475 e. The van der Waals surface area contributed by atoms with Gasteiger partial charge < -0.3 is 9.47 Å². The molecule has 0 fully saturated rings. The second-order valence-corrected chi connectivity index (χ2v) is 3.56. The molecule has 1 unspecified atom stereocenters. The van der Waals surface area contributed by atoms with E-state index in [1.807, 2.05) is 36.4 Å². The number of hydrogen-bond donors (Lipinski definition) is 0. The lowest BCUT2D eigenvalue weighted by Crippen LogP contribution is -2.21. The summed E-state index contributed by atoms with van der Waals surface area (Å²) in [5.74, 6) is 0.0948. The minimum atomic E-state index is -0.532. The van der Waals surface area contributed by atoms with Gasteiger partial charge in [-0.2, -0.15) is 0 Å². The van der Waals surface area contributed by atoms with Crippen molar-refractivity contribution >= 4 is 17.9 Å². The third kappa shape index (κ3) is 2.93. The molecule has 1 aliphatic heterocycles. The van der Waals surface area contributed by atoms with Crippen LogP contribution in [0.4, 0.5) is 0 Å². The molecule has 4 heteroatoms. The lowest BCUT2D eigenvalue weighted by Gasteiger charge is -1.99. The summed E-state index contributed by atoms with van der Waals surface area (Å²) >= 11 is 0. The topological polar surface area (TPSA) is 47.9 Å². The lowest BCUT2D eigenvalue weighted by atomic mass is 10.2. The number of methoxy groups -OCH3 is 1. The van der Waals surface area contributed by atoms with Gasteiger partial charge >= 0.3 is 5.97 Å². The highest BCUT2D eigenvalue weighted by atomic mass is 16.5. The summed E-state index contributed by atoms with van der Waals surface area (Å²) in [6.45, 7) is 0.251. The van der Waals surface area contributed by atoms with Gasteiger partial charge in [0.05, 0.1) is 7.11 Å². The van der Waals surface area contributed by atoms with Gasteiger partial charge in [-0.1, -0.05) is 30.3 Å². The molecular formula is C13H13NO3. The van der Waals surface area contributed by atoms with Gasteiger partial charge in [-0.3, -0.25) is 0 Å². The molecule has 1 atom stereocenters. The number of esters is 1. The lowest BCUT2D eigenvalue weighted by molar-refractivity contribution is -0.142. The Balaban J connectivity index is 2.01. The fourth-order valence-electron chi connectivity index (χ4n) is 1.47. The molecule has 88 valence electrons. The zero-order valence-electron chi connectivity index (χ0n) is 9.50. The first-order chi connectivity index (χ1) is 8.29. The van der Waals surface area contributed by atoms with Crippen LogP contribution in [0.3, 0.4) is 0 Å². The van der Waals surface area contributed by atoms with E-state index in [-0.39, 0.29) is 12.6 Å². The van der Waals surface area contributed by atoms with Gasteiger partial charge in [0.2, 0.25) is 5.90 Å². The molecule has 0 spiro atoms. The predicted octanol–water partition coefficient (Wildman–Crippen LogP) is 1.67. The summed E-state index contributed by atoms with van der Waals surface area (Å²) < 4.78 is 9.87. The maximum Gasteiger partial charge on any atom is 0.334 e. The van der Waals surface area contributed by atoms with Crippen LogP contribution in [0.25, 0.3) is 6.08 Å². The van der Waals surface area contributed by atoms with Gasteiger partial charge in [-0.25, -0.2) is 9.79 Å². The third-order valence-corrected chi connectivity index (χ3v) is 2.36. The van der Waals surface area contributed by atoms with Crippen molar-refractivity contribution in [2.75, 3.05) is 13.7 Å². The van der Waals surface area contributed by atoms with Gasteiger partial charge in [-0.05, 0) is 11.6 Å². The Hall–Kier alpha value is -2.10. The molecule has 1 heterocycles. The highest BCUT2D eigenvalue weighted by Gasteiger charge is 2.25. The molecule has 0 N–H and O–H groups in total. The Morgan fingerprint density at radius 3 is 2.88 bits per heavy atom. The number of ether oxygens (including phenoxy) is 2. The van der Waals surface area contributed by atoms with E-state index < -0.39 is 6.04 Å². The van der Waals surface area contributed by atoms with E-state index >= 15 is 0 Å². The first kappa shape index (κ1) is 11.4. The van der Waals surface area contributed by atoms with E-state index in [0.29, 0.717) is 5.90 Å². The SMILES string of the molecule is COC(=O)C1COC(/C=C/c2ccccc2)=N1. The number of carbonyl (C=O) groups is 1. The van der Waals surface area contributed by atoms with Gasteiger partial charge in [-0.15, -0.1) is 0 Å². The Morgan fingerprint density at radius 2 is 2.18 bits per heavy atom. The smallest absolute Gasteiger partial charge is 0.334 e. The second kappa shape index (κ2) is 5.30. The molecule has 0 saturated heterocycles. The van der Waals surface area contributed by atoms with Crippen LogP contribution in [0.1, 0.15) is 5.56 Å². The van der Waals surface area contributed by atoms with Crippen molar-refractivity contribution in [2.45, 2.75) is 6.04 Å². The quantitative estimate of drug-likeness (QED) is 0.743. The van der Waals surface area contributed by atoms with E-state index in [0.717, 1.165) is 5.56 Å². The molecule has 4 nitrogen and oxygen atoms in total. The average Bonchev–Trinajstić information content (AvgIpc) is 2.85. The largest absolute Gasteiger partial charge is 0.475 e. The maximum absolute atomic E-state index is 11.2. The van der Waals surface area contributed by atoms with Crippen molar-refractivity contribution in [3.63, 3.8) is 0 Å². The summed E-state index contributed by atoms with van der Waals surface area (Å²) in [7, 11) is 1.34. The second-order valence-electron chi connectivity index (χ2n) is 3.56. The van der Waals surface area contributed by atoms with E-state index in [4.69, 9.17) is 4.74 Å². The van der Waals surface area contributed by atoms with Gasteiger partial charge in [0.15, 0.2) is 6.04 Å². The van der Waals surface area contributed by atoms with Crippen LogP contribution in [0.15, 0.2) is 41.4 Å². The molecule has 2 rings (SSSR count). The minimum absolute atomic E-state index is 0.251. The monoisotopic (exact) mass is 231 g/mol. The zero-order chi connectivity index (χ0) is 12.1. The van der Waals surface area contributed by atoms with Crippen molar-refractivity contribution in [1.29, 1.82) is 0 Å². The van der Waals surface area contributed by atoms with Crippen LogP contribution in [-0.4, -0.2) is 31.6 Å². The summed E-state index contributed by atoms with van der Waals surface area (Å²) in [4.78, 5) is 15.3. The van der Waals surface area contributed by atoms with Crippen molar-refractivity contribution < 1.29 is 14.3 Å². The van der Waals surface area contributed by atoms with Crippen LogP contribution in [0, 0.1) is 0 Å². The van der Waals surface area contributed by atoms with Gasteiger partial charge in [0.1, 0.15) is 6.61 Å². The van der Waals surface area contributed by atoms with E-state index in [1.54, 1.807) is 6.08 Å². The molecule has 0 bridgehead atoms. The summed E-state index contributed by atoms with van der Waals surface area (Å²) in [6, 6.07) is 9.28. The molecular weight excluding hydrogens is 218 g/mol. The number of nitrogens with zero attached hydrogens (tertiary/aromatic N) is 1. The normalized spacial score (nSPS) is 18.9. The predicted molar refractivity (Wildman–Crippen MR) is 64.7 cm³/mol. The number of rotatable bonds is 3. The molecule has 0 aliphatic carbocycles. The molecule has 0 radical (unpaired) electrons. The Bertz CT molecular complexity index is 451. The molecule has 1 aromatic rings. The summed E-state index contributed by atoms with van der Waals surface area (Å²) in [6.07, 6.45) is 3.64. The summed E-state index contributed by atoms with van der Waals surface area (Å²) in [5, 5.41) is 0. The van der Waals surface area contributed by atoms with Crippen molar-refractivity contribution in [1.82, 2.24) is 0 Å². The number of hydrogen-bond acceptors (Lipinski definition) is 4. The Morgan fingerprint density at radius 1 is 1.41 bits per heavy atom. The molecule has 17 heavy (non-hydrogen) atoms. The van der Waals surface area contributed by atoms with Crippen LogP contribution >= 0.6 is 0 Å². The summed E-state index contributed by atoms with van der Waals surface area (Å²) in [5.41, 5.74) is 1.06. The molecule has 0 saturated carbocycles. The Kier molecular flexibility index (Phi) is 3.55. The number of carbonyl (C=O) groups excluding carboxylic acids is 1. The van der Waals surface area contributed by atoms with Crippen LogP contribution < -0.4 is 0 Å². The molecule has 0 amide bonds. The average molecular weight is 231 g/mol. The zero-order valence-corrected chi connectivity index (χ0v) is 9.50. The van der Waals surface area contributed by atoms with Crippen LogP contribution in [0.5, 0.6) is 0 Å². The van der Waals surface area contributed by atoms with Gasteiger partial charge in [0, 0.05) is 6.08 Å². The first-order valence-electron chi connectivity index (χ1n) is 5.31.